The van der Waals surface area contributed by atoms with E-state index in [4.69, 9.17) is 5.73 Å². The second kappa shape index (κ2) is 3.46. The summed E-state index contributed by atoms with van der Waals surface area (Å²) in [7, 11) is 0. The van der Waals surface area contributed by atoms with Crippen LogP contribution in [-0.2, 0) is 0 Å². The van der Waals surface area contributed by atoms with Crippen LogP contribution < -0.4 is 5.73 Å². The van der Waals surface area contributed by atoms with E-state index in [0.717, 1.165) is 0 Å². The van der Waals surface area contributed by atoms with Crippen LogP contribution in [0.4, 0.5) is 10.2 Å². The molecule has 0 fully saturated rings. The Morgan fingerprint density at radius 1 is 1.27 bits per heavy atom. The number of aromatic nitrogens is 2. The second-order valence-electron chi connectivity index (χ2n) is 3.80. The van der Waals surface area contributed by atoms with E-state index in [1.54, 1.807) is 6.07 Å². The second-order valence-corrected chi connectivity index (χ2v) is 3.80. The Morgan fingerprint density at radius 2 is 2.00 bits per heavy atom. The van der Waals surface area contributed by atoms with Gasteiger partial charge in [-0.1, -0.05) is 13.8 Å². The lowest BCUT2D eigenvalue weighted by Crippen LogP contribution is -1.98. The maximum absolute atomic E-state index is 13.6. The van der Waals surface area contributed by atoms with Crippen molar-refractivity contribution in [3.8, 4) is 0 Å². The third-order valence-corrected chi connectivity index (χ3v) is 2.41. The molecule has 3 nitrogen and oxygen atoms in total. The Kier molecular flexibility index (Phi) is 2.26. The number of nitrogen functional groups attached to an aromatic ring is 1. The maximum atomic E-state index is 13.6. The van der Waals surface area contributed by atoms with Gasteiger partial charge < -0.3 is 5.73 Å². The number of nitrogens with two attached hydrogens (primary N) is 1. The molecule has 0 saturated carbocycles. The highest BCUT2D eigenvalue weighted by atomic mass is 19.1. The van der Waals surface area contributed by atoms with Crippen LogP contribution in [0, 0.1) is 5.82 Å². The lowest BCUT2D eigenvalue weighted by Gasteiger charge is -2.09. The van der Waals surface area contributed by atoms with E-state index in [9.17, 15) is 4.39 Å². The predicted octanol–water partition coefficient (Wildman–Crippen LogP) is 2.47. The maximum Gasteiger partial charge on any atom is 0.134 e. The topological polar surface area (TPSA) is 51.8 Å². The molecule has 4 heteroatoms. The molecule has 2 aromatic rings. The van der Waals surface area contributed by atoms with Crippen LogP contribution in [0.1, 0.15) is 25.3 Å². The van der Waals surface area contributed by atoms with E-state index in [1.807, 2.05) is 13.8 Å². The SMILES string of the molecule is CC(C)c1cc2c(N)ncnc2cc1F. The molecule has 0 saturated heterocycles. The third kappa shape index (κ3) is 1.63. The van der Waals surface area contributed by atoms with E-state index in [-0.39, 0.29) is 11.7 Å². The van der Waals surface area contributed by atoms with Crippen LogP contribution in [0.3, 0.4) is 0 Å². The smallest absolute Gasteiger partial charge is 0.134 e. The van der Waals surface area contributed by atoms with Gasteiger partial charge in [0.1, 0.15) is 18.0 Å². The molecule has 2 rings (SSSR count). The Hall–Kier alpha value is -1.71. The quantitative estimate of drug-likeness (QED) is 0.778. The van der Waals surface area contributed by atoms with Gasteiger partial charge in [0.25, 0.3) is 0 Å². The van der Waals surface area contributed by atoms with Crippen molar-refractivity contribution < 1.29 is 4.39 Å². The van der Waals surface area contributed by atoms with E-state index in [0.29, 0.717) is 22.3 Å². The zero-order chi connectivity index (χ0) is 11.0. The van der Waals surface area contributed by atoms with Crippen molar-refractivity contribution in [2.45, 2.75) is 19.8 Å². The van der Waals surface area contributed by atoms with Gasteiger partial charge in [-0.05, 0) is 17.5 Å². The fourth-order valence-electron chi connectivity index (χ4n) is 1.56. The summed E-state index contributed by atoms with van der Waals surface area (Å²) in [4.78, 5) is 7.85. The average Bonchev–Trinajstić information content (AvgIpc) is 2.16. The van der Waals surface area contributed by atoms with Gasteiger partial charge in [0.05, 0.1) is 5.52 Å². The summed E-state index contributed by atoms with van der Waals surface area (Å²) in [5.41, 5.74) is 6.89. The van der Waals surface area contributed by atoms with Gasteiger partial charge in [0.15, 0.2) is 0 Å². The van der Waals surface area contributed by atoms with Gasteiger partial charge >= 0.3 is 0 Å². The molecule has 1 aromatic heterocycles. The van der Waals surface area contributed by atoms with Crippen LogP contribution in [0.25, 0.3) is 10.9 Å². The number of hydrogen-bond donors (Lipinski definition) is 1. The summed E-state index contributed by atoms with van der Waals surface area (Å²) in [6.07, 6.45) is 1.34. The molecule has 0 aliphatic rings. The largest absolute Gasteiger partial charge is 0.383 e. The average molecular weight is 205 g/mol. The summed E-state index contributed by atoms with van der Waals surface area (Å²) in [6.45, 7) is 3.87. The molecule has 0 aliphatic heterocycles. The fourth-order valence-corrected chi connectivity index (χ4v) is 1.56. The minimum atomic E-state index is -0.240. The van der Waals surface area contributed by atoms with Crippen molar-refractivity contribution in [1.82, 2.24) is 9.97 Å². The first-order valence-electron chi connectivity index (χ1n) is 4.79. The molecule has 15 heavy (non-hydrogen) atoms. The minimum absolute atomic E-state index is 0.119. The number of benzene rings is 1. The highest BCUT2D eigenvalue weighted by molar-refractivity contribution is 5.88. The Morgan fingerprint density at radius 3 is 2.67 bits per heavy atom. The first kappa shape index (κ1) is 9.83. The summed E-state index contributed by atoms with van der Waals surface area (Å²) in [5.74, 6) is 0.270. The molecule has 78 valence electrons. The summed E-state index contributed by atoms with van der Waals surface area (Å²) < 4.78 is 13.6. The number of halogens is 1. The van der Waals surface area contributed by atoms with E-state index in [1.165, 1.54) is 12.4 Å². The predicted molar refractivity (Wildman–Crippen MR) is 58.0 cm³/mol. The van der Waals surface area contributed by atoms with Gasteiger partial charge in [-0.3, -0.25) is 0 Å². The van der Waals surface area contributed by atoms with Gasteiger partial charge in [-0.25, -0.2) is 14.4 Å². The van der Waals surface area contributed by atoms with Gasteiger partial charge in [-0.15, -0.1) is 0 Å². The summed E-state index contributed by atoms with van der Waals surface area (Å²) in [6, 6.07) is 3.13. The molecule has 0 radical (unpaired) electrons. The highest BCUT2D eigenvalue weighted by Crippen LogP contribution is 2.25. The molecule has 1 heterocycles. The van der Waals surface area contributed by atoms with Crippen LogP contribution in [-0.4, -0.2) is 9.97 Å². The Bertz CT molecular complexity index is 508. The van der Waals surface area contributed by atoms with E-state index >= 15 is 0 Å². The molecule has 0 unspecified atom stereocenters. The molecular weight excluding hydrogens is 193 g/mol. The number of fused-ring (bicyclic) bond motifs is 1. The zero-order valence-corrected chi connectivity index (χ0v) is 8.66. The van der Waals surface area contributed by atoms with Crippen LogP contribution in [0.5, 0.6) is 0 Å². The van der Waals surface area contributed by atoms with Crippen LogP contribution in [0.15, 0.2) is 18.5 Å². The zero-order valence-electron chi connectivity index (χ0n) is 8.66. The molecule has 0 atom stereocenters. The van der Waals surface area contributed by atoms with Crippen molar-refractivity contribution in [2.24, 2.45) is 0 Å². The van der Waals surface area contributed by atoms with Gasteiger partial charge in [-0.2, -0.15) is 0 Å². The standard InChI is InChI=1S/C11H12FN3/c1-6(2)7-3-8-10(4-9(7)12)14-5-15-11(8)13/h3-6H,1-2H3,(H2,13,14,15). The number of anilines is 1. The Labute approximate surface area is 87.2 Å². The lowest BCUT2D eigenvalue weighted by molar-refractivity contribution is 0.600. The molecule has 0 amide bonds. The highest BCUT2D eigenvalue weighted by Gasteiger charge is 2.10. The van der Waals surface area contributed by atoms with E-state index in [2.05, 4.69) is 9.97 Å². The van der Waals surface area contributed by atoms with Crippen molar-refractivity contribution in [3.63, 3.8) is 0 Å². The molecule has 0 spiro atoms. The number of hydrogen-bond acceptors (Lipinski definition) is 3. The van der Waals surface area contributed by atoms with E-state index < -0.39 is 0 Å². The van der Waals surface area contributed by atoms with Crippen molar-refractivity contribution in [2.75, 3.05) is 5.73 Å². The molecular formula is C11H12FN3. The number of rotatable bonds is 1. The summed E-state index contributed by atoms with van der Waals surface area (Å²) >= 11 is 0. The molecule has 0 bridgehead atoms. The first-order valence-corrected chi connectivity index (χ1v) is 4.79. The van der Waals surface area contributed by atoms with Gasteiger partial charge in [0, 0.05) is 11.5 Å². The monoisotopic (exact) mass is 205 g/mol. The third-order valence-electron chi connectivity index (χ3n) is 2.41. The molecule has 0 aliphatic carbocycles. The normalized spacial score (nSPS) is 11.2. The van der Waals surface area contributed by atoms with Gasteiger partial charge in [0.2, 0.25) is 0 Å². The first-order chi connectivity index (χ1) is 7.09. The van der Waals surface area contributed by atoms with Crippen LogP contribution >= 0.6 is 0 Å². The summed E-state index contributed by atoms with van der Waals surface area (Å²) in [5, 5.41) is 0.711. The lowest BCUT2D eigenvalue weighted by atomic mass is 10.0. The molecule has 2 N–H and O–H groups in total. The van der Waals surface area contributed by atoms with Crippen molar-refractivity contribution >= 4 is 16.7 Å². The minimum Gasteiger partial charge on any atom is -0.383 e. The Balaban J connectivity index is 2.78. The molecule has 1 aromatic carbocycles. The van der Waals surface area contributed by atoms with Crippen molar-refractivity contribution in [1.29, 1.82) is 0 Å². The number of nitrogens with zero attached hydrogens (tertiary/aromatic N) is 2. The van der Waals surface area contributed by atoms with Crippen LogP contribution in [0.2, 0.25) is 0 Å². The fraction of sp³-hybridized carbons (Fsp3) is 0.273. The van der Waals surface area contributed by atoms with Crippen molar-refractivity contribution in [3.05, 3.63) is 29.8 Å².